The van der Waals surface area contributed by atoms with Crippen molar-refractivity contribution in [2.24, 2.45) is 0 Å². The van der Waals surface area contributed by atoms with Gasteiger partial charge >= 0.3 is 0 Å². The first kappa shape index (κ1) is 10.2. The molecule has 1 aromatic rings. The summed E-state index contributed by atoms with van der Waals surface area (Å²) in [7, 11) is 0. The van der Waals surface area contributed by atoms with Crippen LogP contribution < -0.4 is 0 Å². The number of fused-ring (bicyclic) bond motifs is 1. The molecule has 0 spiro atoms. The molecule has 0 amide bonds. The molecule has 2 nitrogen and oxygen atoms in total. The zero-order valence-corrected chi connectivity index (χ0v) is 9.21. The molecule has 0 aromatic heterocycles. The predicted octanol–water partition coefficient (Wildman–Crippen LogP) is 2.56. The van der Waals surface area contributed by atoms with Crippen LogP contribution in [0.1, 0.15) is 30.5 Å². The standard InChI is InChI=1S/C13H15NO/c1-13(2,9-14)12-4-3-11-8-15-6-5-10(11)7-12/h3-4,7H,5-6,8H2,1-2H3. The van der Waals surface area contributed by atoms with Gasteiger partial charge in [-0.2, -0.15) is 5.26 Å². The van der Waals surface area contributed by atoms with Gasteiger partial charge in [0.15, 0.2) is 0 Å². The largest absolute Gasteiger partial charge is 0.376 e. The molecule has 0 radical (unpaired) electrons. The highest BCUT2D eigenvalue weighted by Crippen LogP contribution is 2.26. The second kappa shape index (κ2) is 3.67. The van der Waals surface area contributed by atoms with Crippen molar-refractivity contribution in [1.82, 2.24) is 0 Å². The van der Waals surface area contributed by atoms with E-state index in [1.165, 1.54) is 11.1 Å². The summed E-state index contributed by atoms with van der Waals surface area (Å²) in [6, 6.07) is 8.61. The second-order valence-corrected chi connectivity index (χ2v) is 4.52. The van der Waals surface area contributed by atoms with Crippen LogP contribution >= 0.6 is 0 Å². The molecule has 1 heterocycles. The molecule has 15 heavy (non-hydrogen) atoms. The number of hydrogen-bond donors (Lipinski definition) is 0. The maximum absolute atomic E-state index is 9.08. The minimum absolute atomic E-state index is 0.396. The molecule has 0 aliphatic carbocycles. The normalized spacial score (nSPS) is 15.5. The first-order valence-electron chi connectivity index (χ1n) is 5.25. The average molecular weight is 201 g/mol. The third kappa shape index (κ3) is 1.88. The van der Waals surface area contributed by atoms with Gasteiger partial charge in [0.2, 0.25) is 0 Å². The Morgan fingerprint density at radius 2 is 2.13 bits per heavy atom. The van der Waals surface area contributed by atoms with Crippen molar-refractivity contribution >= 4 is 0 Å². The number of rotatable bonds is 1. The fourth-order valence-electron chi connectivity index (χ4n) is 1.82. The van der Waals surface area contributed by atoms with Gasteiger partial charge in [0, 0.05) is 0 Å². The summed E-state index contributed by atoms with van der Waals surface area (Å²) in [5, 5.41) is 9.08. The Labute approximate surface area is 90.5 Å². The molecular formula is C13H15NO. The monoisotopic (exact) mass is 201 g/mol. The molecule has 78 valence electrons. The van der Waals surface area contributed by atoms with Gasteiger partial charge < -0.3 is 4.74 Å². The summed E-state index contributed by atoms with van der Waals surface area (Å²) in [6.07, 6.45) is 0.963. The van der Waals surface area contributed by atoms with E-state index in [-0.39, 0.29) is 0 Å². The fourth-order valence-corrected chi connectivity index (χ4v) is 1.82. The summed E-state index contributed by atoms with van der Waals surface area (Å²) >= 11 is 0. The van der Waals surface area contributed by atoms with Crippen LogP contribution in [0.25, 0.3) is 0 Å². The molecule has 1 aromatic carbocycles. The molecule has 0 N–H and O–H groups in total. The molecule has 2 heteroatoms. The molecule has 0 unspecified atom stereocenters. The van der Waals surface area contributed by atoms with Gasteiger partial charge in [-0.25, -0.2) is 0 Å². The Morgan fingerprint density at radius 1 is 1.33 bits per heavy atom. The minimum Gasteiger partial charge on any atom is -0.376 e. The zero-order chi connectivity index (χ0) is 10.9. The van der Waals surface area contributed by atoms with Gasteiger partial charge in [-0.15, -0.1) is 0 Å². The SMILES string of the molecule is CC(C)(C#N)c1ccc2c(c1)CCOC2. The highest BCUT2D eigenvalue weighted by molar-refractivity contribution is 5.38. The van der Waals surface area contributed by atoms with Crippen LogP contribution in [0.2, 0.25) is 0 Å². The summed E-state index contributed by atoms with van der Waals surface area (Å²) in [4.78, 5) is 0. The Bertz CT molecular complexity index is 415. The molecule has 0 atom stereocenters. The van der Waals surface area contributed by atoms with E-state index in [1.807, 2.05) is 19.9 Å². The Kier molecular flexibility index (Phi) is 2.50. The van der Waals surface area contributed by atoms with Gasteiger partial charge in [0.1, 0.15) is 0 Å². The van der Waals surface area contributed by atoms with Crippen LogP contribution in [0.4, 0.5) is 0 Å². The highest BCUT2D eigenvalue weighted by Gasteiger charge is 2.21. The lowest BCUT2D eigenvalue weighted by Gasteiger charge is -2.21. The maximum Gasteiger partial charge on any atom is 0.0766 e. The highest BCUT2D eigenvalue weighted by atomic mass is 16.5. The van der Waals surface area contributed by atoms with E-state index in [0.29, 0.717) is 6.61 Å². The quantitative estimate of drug-likeness (QED) is 0.699. The van der Waals surface area contributed by atoms with Crippen LogP contribution in [0.5, 0.6) is 0 Å². The average Bonchev–Trinajstić information content (AvgIpc) is 2.28. The third-order valence-electron chi connectivity index (χ3n) is 2.98. The van der Waals surface area contributed by atoms with Gasteiger partial charge in [-0.05, 0) is 37.0 Å². The van der Waals surface area contributed by atoms with E-state index in [1.54, 1.807) is 0 Å². The maximum atomic E-state index is 9.08. The molecular weight excluding hydrogens is 186 g/mol. The molecule has 1 aliphatic rings. The van der Waals surface area contributed by atoms with Gasteiger partial charge in [0.05, 0.1) is 24.7 Å². The lowest BCUT2D eigenvalue weighted by atomic mass is 9.84. The first-order chi connectivity index (χ1) is 7.13. The van der Waals surface area contributed by atoms with E-state index in [4.69, 9.17) is 10.00 Å². The minimum atomic E-state index is -0.396. The van der Waals surface area contributed by atoms with Crippen molar-refractivity contribution in [2.75, 3.05) is 6.61 Å². The summed E-state index contributed by atoms with van der Waals surface area (Å²) in [5.41, 5.74) is 3.30. The van der Waals surface area contributed by atoms with E-state index in [0.717, 1.165) is 18.6 Å². The topological polar surface area (TPSA) is 33.0 Å². The molecule has 0 fully saturated rings. The van der Waals surface area contributed by atoms with Crippen molar-refractivity contribution < 1.29 is 4.74 Å². The van der Waals surface area contributed by atoms with Gasteiger partial charge in [0.25, 0.3) is 0 Å². The number of ether oxygens (including phenoxy) is 1. The summed E-state index contributed by atoms with van der Waals surface area (Å²) in [6.45, 7) is 5.41. The molecule has 1 aliphatic heterocycles. The number of benzene rings is 1. The number of hydrogen-bond acceptors (Lipinski definition) is 2. The Morgan fingerprint density at radius 3 is 2.87 bits per heavy atom. The van der Waals surface area contributed by atoms with Crippen LogP contribution in [0, 0.1) is 11.3 Å². The van der Waals surface area contributed by atoms with Gasteiger partial charge in [-0.3, -0.25) is 0 Å². The number of nitrogens with zero attached hydrogens (tertiary/aromatic N) is 1. The Balaban J connectivity index is 2.41. The van der Waals surface area contributed by atoms with Gasteiger partial charge in [-0.1, -0.05) is 18.2 Å². The lowest BCUT2D eigenvalue weighted by Crippen LogP contribution is -2.16. The van der Waals surface area contributed by atoms with Crippen molar-refractivity contribution in [2.45, 2.75) is 32.3 Å². The van der Waals surface area contributed by atoms with E-state index < -0.39 is 5.41 Å². The van der Waals surface area contributed by atoms with Crippen LogP contribution in [-0.2, 0) is 23.2 Å². The third-order valence-corrected chi connectivity index (χ3v) is 2.98. The predicted molar refractivity (Wildman–Crippen MR) is 58.4 cm³/mol. The van der Waals surface area contributed by atoms with Crippen molar-refractivity contribution in [1.29, 1.82) is 5.26 Å². The Hall–Kier alpha value is -1.33. The first-order valence-corrected chi connectivity index (χ1v) is 5.25. The van der Waals surface area contributed by atoms with E-state index in [9.17, 15) is 0 Å². The second-order valence-electron chi connectivity index (χ2n) is 4.52. The van der Waals surface area contributed by atoms with Crippen molar-refractivity contribution in [3.63, 3.8) is 0 Å². The van der Waals surface area contributed by atoms with Crippen molar-refractivity contribution in [3.05, 3.63) is 34.9 Å². The van der Waals surface area contributed by atoms with Crippen molar-refractivity contribution in [3.8, 4) is 6.07 Å². The summed E-state index contributed by atoms with van der Waals surface area (Å²) < 4.78 is 5.38. The van der Waals surface area contributed by atoms with Crippen LogP contribution in [0.15, 0.2) is 18.2 Å². The summed E-state index contributed by atoms with van der Waals surface area (Å²) in [5.74, 6) is 0. The molecule has 0 bridgehead atoms. The fraction of sp³-hybridized carbons (Fsp3) is 0.462. The van der Waals surface area contributed by atoms with Crippen LogP contribution in [0.3, 0.4) is 0 Å². The zero-order valence-electron chi connectivity index (χ0n) is 9.21. The molecule has 0 saturated heterocycles. The molecule has 0 saturated carbocycles. The lowest BCUT2D eigenvalue weighted by molar-refractivity contribution is 0.110. The molecule has 2 rings (SSSR count). The van der Waals surface area contributed by atoms with E-state index in [2.05, 4.69) is 18.2 Å². The van der Waals surface area contributed by atoms with Crippen LogP contribution in [-0.4, -0.2) is 6.61 Å². The number of nitriles is 1. The van der Waals surface area contributed by atoms with E-state index >= 15 is 0 Å². The smallest absolute Gasteiger partial charge is 0.0766 e.